The molecule has 0 aliphatic carbocycles. The molecule has 1 aromatic heterocycles. The van der Waals surface area contributed by atoms with E-state index in [1.807, 2.05) is 55.5 Å². The highest BCUT2D eigenvalue weighted by atomic mass is 32.2. The van der Waals surface area contributed by atoms with E-state index >= 15 is 0 Å². The number of amides is 1. The maximum absolute atomic E-state index is 13.6. The maximum atomic E-state index is 13.6. The fourth-order valence-corrected chi connectivity index (χ4v) is 6.99. The van der Waals surface area contributed by atoms with Crippen LogP contribution >= 0.6 is 0 Å². The zero-order valence-electron chi connectivity index (χ0n) is 23.0. The van der Waals surface area contributed by atoms with Crippen LogP contribution in [-0.4, -0.2) is 62.7 Å². The lowest BCUT2D eigenvalue weighted by Crippen LogP contribution is -2.40. The minimum absolute atomic E-state index is 0.128. The van der Waals surface area contributed by atoms with Gasteiger partial charge in [0.2, 0.25) is 10.0 Å². The minimum atomic E-state index is -3.70. The number of carbonyl (C=O) groups is 1. The third-order valence-electron chi connectivity index (χ3n) is 7.62. The number of benzene rings is 3. The fraction of sp³-hybridized carbons (Fsp3) is 0.281. The van der Waals surface area contributed by atoms with Gasteiger partial charge in [-0.05, 0) is 55.8 Å². The summed E-state index contributed by atoms with van der Waals surface area (Å²) in [7, 11) is -3.70. The molecule has 1 fully saturated rings. The van der Waals surface area contributed by atoms with Gasteiger partial charge in [-0.25, -0.2) is 8.42 Å². The molecule has 1 amide bonds. The Labute approximate surface area is 240 Å². The summed E-state index contributed by atoms with van der Waals surface area (Å²) in [5, 5.41) is 1.03. The zero-order chi connectivity index (χ0) is 28.4. The molecule has 212 valence electrons. The Hall–Kier alpha value is -3.92. The molecule has 8 nitrogen and oxygen atoms in total. The summed E-state index contributed by atoms with van der Waals surface area (Å²) in [5.41, 5.74) is 3.85. The molecule has 2 aliphatic rings. The molecule has 41 heavy (non-hydrogen) atoms. The smallest absolute Gasteiger partial charge is 0.258 e. The molecule has 9 heteroatoms. The molecule has 3 heterocycles. The largest absolute Gasteiger partial charge is 0.494 e. The summed E-state index contributed by atoms with van der Waals surface area (Å²) in [6.45, 7) is 5.14. The standard InChI is InChI=1S/C32H33N3O5S/c1-2-35-31-14-13-26(41(37,38)34-16-19-39-20-17-34)22-28(31)29(32(35)36)21-24-23-33(30-12-7-6-11-27(24)30)15-8-18-40-25-9-4-3-5-10-25/h3-7,9-14,21-23H,2,8,15-20H2,1H3. The van der Waals surface area contributed by atoms with Crippen LogP contribution in [0, 0.1) is 0 Å². The summed E-state index contributed by atoms with van der Waals surface area (Å²) >= 11 is 0. The Balaban J connectivity index is 1.33. The van der Waals surface area contributed by atoms with Gasteiger partial charge in [0.25, 0.3) is 5.91 Å². The number of aromatic nitrogens is 1. The third-order valence-corrected chi connectivity index (χ3v) is 9.52. The topological polar surface area (TPSA) is 81.1 Å². The van der Waals surface area contributed by atoms with Crippen molar-refractivity contribution >= 4 is 44.2 Å². The molecule has 0 radical (unpaired) electrons. The van der Waals surface area contributed by atoms with Crippen LogP contribution < -0.4 is 9.64 Å². The first kappa shape index (κ1) is 27.3. The number of hydrogen-bond acceptors (Lipinski definition) is 5. The van der Waals surface area contributed by atoms with Crippen LogP contribution in [0.25, 0.3) is 22.6 Å². The molecule has 2 aliphatic heterocycles. The summed E-state index contributed by atoms with van der Waals surface area (Å²) < 4.78 is 41.7. The van der Waals surface area contributed by atoms with Crippen molar-refractivity contribution in [3.63, 3.8) is 0 Å². The van der Waals surface area contributed by atoms with E-state index in [1.54, 1.807) is 23.1 Å². The van der Waals surface area contributed by atoms with Gasteiger partial charge in [0.1, 0.15) is 5.75 Å². The number of carbonyl (C=O) groups excluding carboxylic acids is 1. The Morgan fingerprint density at radius 2 is 1.73 bits per heavy atom. The average molecular weight is 572 g/mol. The predicted octanol–water partition coefficient (Wildman–Crippen LogP) is 5.04. The van der Waals surface area contributed by atoms with E-state index in [2.05, 4.69) is 22.9 Å². The van der Waals surface area contributed by atoms with E-state index in [0.29, 0.717) is 50.6 Å². The first-order chi connectivity index (χ1) is 20.0. The Kier molecular flexibility index (Phi) is 7.66. The van der Waals surface area contributed by atoms with Crippen LogP contribution in [0.3, 0.4) is 0 Å². The van der Waals surface area contributed by atoms with Gasteiger partial charge >= 0.3 is 0 Å². The van der Waals surface area contributed by atoms with E-state index < -0.39 is 10.0 Å². The lowest BCUT2D eigenvalue weighted by Gasteiger charge is -2.26. The lowest BCUT2D eigenvalue weighted by atomic mass is 10.0. The Bertz CT molecular complexity index is 1710. The molecule has 0 N–H and O–H groups in total. The summed E-state index contributed by atoms with van der Waals surface area (Å²) in [6.07, 6.45) is 4.79. The second kappa shape index (κ2) is 11.5. The van der Waals surface area contributed by atoms with Gasteiger partial charge in [0.15, 0.2) is 0 Å². The van der Waals surface area contributed by atoms with E-state index in [4.69, 9.17) is 9.47 Å². The lowest BCUT2D eigenvalue weighted by molar-refractivity contribution is -0.112. The first-order valence-electron chi connectivity index (χ1n) is 14.0. The quantitative estimate of drug-likeness (QED) is 0.208. The average Bonchev–Trinajstić information content (AvgIpc) is 3.49. The van der Waals surface area contributed by atoms with Crippen molar-refractivity contribution in [2.24, 2.45) is 0 Å². The number of rotatable bonds is 9. The third kappa shape index (κ3) is 5.28. The number of morpholine rings is 1. The fourth-order valence-electron chi connectivity index (χ4n) is 5.56. The second-order valence-corrected chi connectivity index (χ2v) is 12.1. The molecule has 0 saturated carbocycles. The highest BCUT2D eigenvalue weighted by Gasteiger charge is 2.34. The Morgan fingerprint density at radius 3 is 2.51 bits per heavy atom. The van der Waals surface area contributed by atoms with E-state index in [9.17, 15) is 13.2 Å². The van der Waals surface area contributed by atoms with Gasteiger partial charge in [-0.1, -0.05) is 36.4 Å². The van der Waals surface area contributed by atoms with Crippen LogP contribution in [0.4, 0.5) is 5.69 Å². The van der Waals surface area contributed by atoms with Crippen molar-refractivity contribution in [2.75, 3.05) is 44.4 Å². The van der Waals surface area contributed by atoms with Crippen molar-refractivity contribution in [3.8, 4) is 5.75 Å². The van der Waals surface area contributed by atoms with Gasteiger partial charge in [0.05, 0.1) is 30.4 Å². The number of aryl methyl sites for hydroxylation is 1. The molecule has 0 atom stereocenters. The SMILES string of the molecule is CCN1C(=O)C(=Cc2cn(CCCOc3ccccc3)c3ccccc23)c2cc(S(=O)(=O)N3CCOCC3)ccc21. The zero-order valence-corrected chi connectivity index (χ0v) is 23.8. The maximum Gasteiger partial charge on any atom is 0.258 e. The number of sulfonamides is 1. The molecule has 4 aromatic rings. The van der Waals surface area contributed by atoms with Crippen molar-refractivity contribution in [1.82, 2.24) is 8.87 Å². The Morgan fingerprint density at radius 1 is 0.976 bits per heavy atom. The molecule has 6 rings (SSSR count). The summed E-state index contributed by atoms with van der Waals surface area (Å²) in [6, 6.07) is 22.9. The number of nitrogens with zero attached hydrogens (tertiary/aromatic N) is 3. The van der Waals surface area contributed by atoms with Crippen molar-refractivity contribution in [1.29, 1.82) is 0 Å². The van der Waals surface area contributed by atoms with E-state index in [-0.39, 0.29) is 10.8 Å². The van der Waals surface area contributed by atoms with Crippen molar-refractivity contribution < 1.29 is 22.7 Å². The molecule has 0 unspecified atom stereocenters. The van der Waals surface area contributed by atoms with Crippen molar-refractivity contribution in [3.05, 3.63) is 90.1 Å². The van der Waals surface area contributed by atoms with Gasteiger partial charge < -0.3 is 18.9 Å². The van der Waals surface area contributed by atoms with Gasteiger partial charge in [-0.15, -0.1) is 0 Å². The number of para-hydroxylation sites is 2. The highest BCUT2D eigenvalue weighted by Crippen LogP contribution is 2.40. The van der Waals surface area contributed by atoms with Crippen LogP contribution in [0.5, 0.6) is 5.75 Å². The second-order valence-electron chi connectivity index (χ2n) is 10.1. The van der Waals surface area contributed by atoms with Gasteiger partial charge in [-0.3, -0.25) is 4.79 Å². The van der Waals surface area contributed by atoms with Crippen LogP contribution in [0.2, 0.25) is 0 Å². The normalized spacial score (nSPS) is 17.0. The number of hydrogen-bond donors (Lipinski definition) is 0. The molecule has 0 bridgehead atoms. The summed E-state index contributed by atoms with van der Waals surface area (Å²) in [4.78, 5) is 15.5. The number of fused-ring (bicyclic) bond motifs is 2. The van der Waals surface area contributed by atoms with E-state index in [1.165, 1.54) is 4.31 Å². The molecular formula is C32H33N3O5S. The van der Waals surface area contributed by atoms with Gasteiger partial charge in [0, 0.05) is 60.0 Å². The monoisotopic (exact) mass is 571 g/mol. The van der Waals surface area contributed by atoms with Gasteiger partial charge in [-0.2, -0.15) is 4.31 Å². The van der Waals surface area contributed by atoms with Crippen LogP contribution in [0.15, 0.2) is 83.9 Å². The number of ether oxygens (including phenoxy) is 2. The number of likely N-dealkylation sites (N-methyl/N-ethyl adjacent to an activating group) is 1. The van der Waals surface area contributed by atoms with Crippen LogP contribution in [0.1, 0.15) is 24.5 Å². The van der Waals surface area contributed by atoms with E-state index in [0.717, 1.165) is 40.9 Å². The molecule has 0 spiro atoms. The molecular weight excluding hydrogens is 538 g/mol. The minimum Gasteiger partial charge on any atom is -0.494 e. The number of anilines is 1. The molecule has 1 saturated heterocycles. The molecule has 3 aromatic carbocycles. The van der Waals surface area contributed by atoms with Crippen LogP contribution in [-0.2, 0) is 26.1 Å². The summed E-state index contributed by atoms with van der Waals surface area (Å²) in [5.74, 6) is 0.723. The predicted molar refractivity (Wildman–Crippen MR) is 160 cm³/mol. The highest BCUT2D eigenvalue weighted by molar-refractivity contribution is 7.89. The van der Waals surface area contributed by atoms with Crippen molar-refractivity contribution in [2.45, 2.75) is 24.8 Å². The first-order valence-corrected chi connectivity index (χ1v) is 15.4.